The molecule has 2 aromatic rings. The highest BCUT2D eigenvalue weighted by Gasteiger charge is 2.57. The van der Waals surface area contributed by atoms with Gasteiger partial charge in [-0.15, -0.1) is 0 Å². The van der Waals surface area contributed by atoms with Crippen molar-refractivity contribution in [1.29, 1.82) is 0 Å². The number of hydrogen-bond acceptors (Lipinski definition) is 3. The Hall–Kier alpha value is -2.69. The summed E-state index contributed by atoms with van der Waals surface area (Å²) in [4.78, 5) is 31.3. The first kappa shape index (κ1) is 19.1. The maximum atomic E-state index is 12.9. The zero-order valence-electron chi connectivity index (χ0n) is 16.2. The fraction of sp³-hybridized carbons (Fsp3) is 0.409. The molecule has 1 aromatic heterocycles. The number of hydrogen-bond donors (Lipinski definition) is 1. The van der Waals surface area contributed by atoms with Crippen molar-refractivity contribution in [3.63, 3.8) is 0 Å². The summed E-state index contributed by atoms with van der Waals surface area (Å²) in [5, 5.41) is 2.93. The summed E-state index contributed by atoms with van der Waals surface area (Å²) in [6, 6.07) is 11.7. The number of aromatic nitrogens is 1. The minimum absolute atomic E-state index is 0.0899. The molecule has 1 fully saturated rings. The molecule has 3 rings (SSSR count). The topological polar surface area (TPSA) is 62.3 Å². The molecule has 1 aromatic carbocycles. The summed E-state index contributed by atoms with van der Waals surface area (Å²) < 4.78 is 0. The lowest BCUT2D eigenvalue weighted by atomic mass is 10.0. The lowest BCUT2D eigenvalue weighted by molar-refractivity contribution is -0.141. The third-order valence-electron chi connectivity index (χ3n) is 5.26. The second-order valence-corrected chi connectivity index (χ2v) is 7.65. The first-order chi connectivity index (χ1) is 12.9. The second-order valence-electron chi connectivity index (χ2n) is 7.65. The van der Waals surface area contributed by atoms with Gasteiger partial charge in [0.25, 0.3) is 0 Å². The van der Waals surface area contributed by atoms with Gasteiger partial charge in [-0.1, -0.05) is 26.0 Å². The van der Waals surface area contributed by atoms with E-state index in [1.54, 1.807) is 24.3 Å². The minimum Gasteiger partial charge on any atom is -0.344 e. The van der Waals surface area contributed by atoms with Crippen molar-refractivity contribution in [2.45, 2.75) is 39.0 Å². The number of anilines is 1. The van der Waals surface area contributed by atoms with Gasteiger partial charge in [-0.2, -0.15) is 0 Å². The van der Waals surface area contributed by atoms with Crippen molar-refractivity contribution < 1.29 is 9.59 Å². The Bertz CT molecular complexity index is 796. The van der Waals surface area contributed by atoms with Crippen LogP contribution in [0.1, 0.15) is 43.7 Å². The van der Waals surface area contributed by atoms with Crippen molar-refractivity contribution in [2.75, 3.05) is 18.9 Å². The fourth-order valence-electron chi connectivity index (χ4n) is 3.18. The van der Waals surface area contributed by atoms with Crippen LogP contribution in [0.4, 0.5) is 5.69 Å². The van der Waals surface area contributed by atoms with Gasteiger partial charge in [0.1, 0.15) is 5.41 Å². The molecule has 0 atom stereocenters. The smallest absolute Gasteiger partial charge is 0.240 e. The third-order valence-corrected chi connectivity index (χ3v) is 5.26. The summed E-state index contributed by atoms with van der Waals surface area (Å²) in [5.41, 5.74) is 2.19. The van der Waals surface area contributed by atoms with E-state index in [4.69, 9.17) is 0 Å². The predicted molar refractivity (Wildman–Crippen MR) is 106 cm³/mol. The van der Waals surface area contributed by atoms with Gasteiger partial charge in [0.2, 0.25) is 11.8 Å². The van der Waals surface area contributed by atoms with E-state index in [2.05, 4.69) is 24.1 Å². The van der Waals surface area contributed by atoms with E-state index in [0.717, 1.165) is 17.7 Å². The van der Waals surface area contributed by atoms with Crippen LogP contribution in [-0.2, 0) is 16.0 Å². The normalized spacial score (nSPS) is 14.7. The number of rotatable bonds is 7. The van der Waals surface area contributed by atoms with Crippen LogP contribution in [0.5, 0.6) is 0 Å². The largest absolute Gasteiger partial charge is 0.344 e. The Labute approximate surface area is 160 Å². The van der Waals surface area contributed by atoms with Crippen LogP contribution < -0.4 is 5.32 Å². The van der Waals surface area contributed by atoms with Gasteiger partial charge >= 0.3 is 0 Å². The molecule has 1 N–H and O–H groups in total. The molecule has 1 heterocycles. The van der Waals surface area contributed by atoms with Crippen molar-refractivity contribution >= 4 is 17.5 Å². The number of likely N-dealkylation sites (N-methyl/N-ethyl adjacent to an activating group) is 1. The van der Waals surface area contributed by atoms with Crippen LogP contribution in [0.3, 0.4) is 0 Å². The summed E-state index contributed by atoms with van der Waals surface area (Å²) in [7, 11) is 1.77. The maximum Gasteiger partial charge on any atom is 0.240 e. The minimum atomic E-state index is -0.899. The molecule has 0 radical (unpaired) electrons. The van der Waals surface area contributed by atoms with Crippen LogP contribution in [0, 0.1) is 5.41 Å². The van der Waals surface area contributed by atoms with Gasteiger partial charge in [0.15, 0.2) is 0 Å². The predicted octanol–water partition coefficient (Wildman–Crippen LogP) is 3.62. The maximum absolute atomic E-state index is 12.9. The average Bonchev–Trinajstić information content (AvgIpc) is 3.49. The van der Waals surface area contributed by atoms with Crippen molar-refractivity contribution in [3.05, 3.63) is 59.9 Å². The Morgan fingerprint density at radius 2 is 1.74 bits per heavy atom. The Morgan fingerprint density at radius 1 is 1.11 bits per heavy atom. The van der Waals surface area contributed by atoms with E-state index in [-0.39, 0.29) is 11.8 Å². The summed E-state index contributed by atoms with van der Waals surface area (Å²) in [6.45, 7) is 4.85. The van der Waals surface area contributed by atoms with Crippen LogP contribution in [0.15, 0.2) is 48.8 Å². The molecule has 0 aliphatic heterocycles. The highest BCUT2D eigenvalue weighted by molar-refractivity contribution is 6.12. The standard InChI is InChI=1S/C22H27N3O2/c1-16(2)18-4-6-19(7-5-18)24-20(26)22(11-12-22)21(27)25(3)15-10-17-8-13-23-14-9-17/h4-9,13-14,16H,10-12,15H2,1-3H3,(H,24,26). The monoisotopic (exact) mass is 365 g/mol. The summed E-state index contributed by atoms with van der Waals surface area (Å²) in [5.74, 6) is 0.161. The molecule has 0 saturated heterocycles. The van der Waals surface area contributed by atoms with Gasteiger partial charge in [-0.25, -0.2) is 0 Å². The Kier molecular flexibility index (Phi) is 5.59. The number of carbonyl (C=O) groups excluding carboxylic acids is 2. The van der Waals surface area contributed by atoms with Gasteiger partial charge < -0.3 is 10.2 Å². The first-order valence-electron chi connectivity index (χ1n) is 9.48. The molecule has 27 heavy (non-hydrogen) atoms. The SMILES string of the molecule is CC(C)c1ccc(NC(=O)C2(C(=O)N(C)CCc3ccncc3)CC2)cc1. The molecule has 142 valence electrons. The number of nitrogens with one attached hydrogen (secondary N) is 1. The lowest BCUT2D eigenvalue weighted by Crippen LogP contribution is -2.41. The fourth-order valence-corrected chi connectivity index (χ4v) is 3.18. The number of nitrogens with zero attached hydrogens (tertiary/aromatic N) is 2. The van der Waals surface area contributed by atoms with Gasteiger partial charge in [0, 0.05) is 31.7 Å². The van der Waals surface area contributed by atoms with Crippen molar-refractivity contribution in [1.82, 2.24) is 9.88 Å². The van der Waals surface area contributed by atoms with E-state index >= 15 is 0 Å². The zero-order chi connectivity index (χ0) is 19.4. The zero-order valence-corrected chi connectivity index (χ0v) is 16.2. The molecule has 5 nitrogen and oxygen atoms in total. The van der Waals surface area contributed by atoms with Gasteiger partial charge in [-0.3, -0.25) is 14.6 Å². The van der Waals surface area contributed by atoms with E-state index < -0.39 is 5.41 Å². The molecule has 2 amide bonds. The third kappa shape index (κ3) is 4.35. The van der Waals surface area contributed by atoms with Crippen LogP contribution in [0.2, 0.25) is 0 Å². The Balaban J connectivity index is 1.59. The van der Waals surface area contributed by atoms with E-state index in [9.17, 15) is 9.59 Å². The number of pyridine rings is 1. The van der Waals surface area contributed by atoms with Gasteiger partial charge in [0.05, 0.1) is 0 Å². The van der Waals surface area contributed by atoms with E-state index in [1.807, 2.05) is 36.4 Å². The molecule has 1 saturated carbocycles. The Morgan fingerprint density at radius 3 is 2.30 bits per heavy atom. The second kappa shape index (κ2) is 7.91. The molecule has 0 bridgehead atoms. The van der Waals surface area contributed by atoms with E-state index in [0.29, 0.717) is 25.3 Å². The van der Waals surface area contributed by atoms with Gasteiger partial charge in [-0.05, 0) is 60.6 Å². The molecule has 5 heteroatoms. The van der Waals surface area contributed by atoms with Crippen LogP contribution >= 0.6 is 0 Å². The van der Waals surface area contributed by atoms with Crippen molar-refractivity contribution in [2.24, 2.45) is 5.41 Å². The highest BCUT2D eigenvalue weighted by atomic mass is 16.2. The van der Waals surface area contributed by atoms with Crippen LogP contribution in [0.25, 0.3) is 0 Å². The summed E-state index contributed by atoms with van der Waals surface area (Å²) >= 11 is 0. The molecular weight excluding hydrogens is 338 g/mol. The molecular formula is C22H27N3O2. The van der Waals surface area contributed by atoms with Crippen LogP contribution in [-0.4, -0.2) is 35.3 Å². The highest BCUT2D eigenvalue weighted by Crippen LogP contribution is 2.48. The van der Waals surface area contributed by atoms with E-state index in [1.165, 1.54) is 5.56 Å². The first-order valence-corrected chi connectivity index (χ1v) is 9.48. The molecule has 1 aliphatic carbocycles. The van der Waals surface area contributed by atoms with Crippen molar-refractivity contribution in [3.8, 4) is 0 Å². The molecule has 0 spiro atoms. The number of carbonyl (C=O) groups is 2. The number of benzene rings is 1. The quantitative estimate of drug-likeness (QED) is 0.762. The molecule has 0 unspecified atom stereocenters. The average molecular weight is 365 g/mol. The summed E-state index contributed by atoms with van der Waals surface area (Å²) in [6.07, 6.45) is 5.47. The number of amides is 2. The lowest BCUT2D eigenvalue weighted by Gasteiger charge is -2.23. The molecule has 1 aliphatic rings.